The molecule has 0 atom stereocenters. The summed E-state index contributed by atoms with van der Waals surface area (Å²) in [4.78, 5) is 0. The van der Waals surface area contributed by atoms with Gasteiger partial charge in [0.15, 0.2) is 0 Å². The Balaban J connectivity index is 2.60. The lowest BCUT2D eigenvalue weighted by Crippen LogP contribution is -2.09. The van der Waals surface area contributed by atoms with Crippen molar-refractivity contribution < 1.29 is 4.74 Å². The van der Waals surface area contributed by atoms with Gasteiger partial charge in [0, 0.05) is 6.54 Å². The van der Waals surface area contributed by atoms with E-state index in [1.807, 2.05) is 6.07 Å². The molecule has 0 bridgehead atoms. The number of benzene rings is 1. The van der Waals surface area contributed by atoms with Gasteiger partial charge in [-0.05, 0) is 23.8 Å². The Labute approximate surface area is 83.4 Å². The third-order valence-electron chi connectivity index (χ3n) is 1.69. The summed E-state index contributed by atoms with van der Waals surface area (Å²) in [5.74, 6) is 0.665. The van der Waals surface area contributed by atoms with Gasteiger partial charge < -0.3 is 10.5 Å². The number of hydrogen-bond donors (Lipinski definition) is 1. The highest BCUT2D eigenvalue weighted by molar-refractivity contribution is 5.36. The van der Waals surface area contributed by atoms with Crippen LogP contribution in [-0.4, -0.2) is 13.2 Å². The van der Waals surface area contributed by atoms with Crippen LogP contribution in [0, 0.1) is 11.3 Å². The highest BCUT2D eigenvalue weighted by Crippen LogP contribution is 2.12. The van der Waals surface area contributed by atoms with Crippen LogP contribution in [0.3, 0.4) is 0 Å². The summed E-state index contributed by atoms with van der Waals surface area (Å²) in [6, 6.07) is 9.03. The number of hydrogen-bond acceptors (Lipinski definition) is 3. The molecule has 0 saturated heterocycles. The molecule has 0 amide bonds. The zero-order valence-electron chi connectivity index (χ0n) is 7.86. The second-order valence-corrected chi connectivity index (χ2v) is 2.88. The van der Waals surface area contributed by atoms with Crippen molar-refractivity contribution in [2.75, 3.05) is 13.2 Å². The molecule has 0 spiro atoms. The molecule has 0 aliphatic heterocycles. The first kappa shape index (κ1) is 10.3. The maximum atomic E-state index is 8.64. The molecule has 0 saturated carbocycles. The van der Waals surface area contributed by atoms with Gasteiger partial charge in [0.25, 0.3) is 0 Å². The first-order valence-electron chi connectivity index (χ1n) is 4.26. The van der Waals surface area contributed by atoms with Crippen LogP contribution in [0.1, 0.15) is 5.56 Å². The van der Waals surface area contributed by atoms with Crippen LogP contribution in [0.5, 0.6) is 5.75 Å². The minimum atomic E-state index is 0.394. The van der Waals surface area contributed by atoms with Gasteiger partial charge in [0.1, 0.15) is 12.4 Å². The molecule has 0 heterocycles. The average Bonchev–Trinajstić information content (AvgIpc) is 2.26. The lowest BCUT2D eigenvalue weighted by molar-refractivity contribution is 0.351. The molecule has 0 aliphatic rings. The lowest BCUT2D eigenvalue weighted by Gasteiger charge is -2.06. The Kier molecular flexibility index (Phi) is 3.71. The summed E-state index contributed by atoms with van der Waals surface area (Å²) >= 11 is 0. The third-order valence-corrected chi connectivity index (χ3v) is 1.69. The molecule has 1 aromatic carbocycles. The molecule has 0 radical (unpaired) electrons. The summed E-state index contributed by atoms with van der Waals surface area (Å²) in [6.45, 7) is 4.52. The van der Waals surface area contributed by atoms with Crippen LogP contribution in [0.2, 0.25) is 0 Å². The fraction of sp³-hybridized carbons (Fsp3) is 0.182. The number of ether oxygens (including phenoxy) is 1. The van der Waals surface area contributed by atoms with Gasteiger partial charge in [-0.2, -0.15) is 5.26 Å². The Bertz CT molecular complexity index is 366. The van der Waals surface area contributed by atoms with Crippen molar-refractivity contribution in [3.8, 4) is 11.8 Å². The smallest absolute Gasteiger partial charge is 0.121 e. The molecule has 72 valence electrons. The minimum absolute atomic E-state index is 0.394. The Morgan fingerprint density at radius 3 is 3.00 bits per heavy atom. The topological polar surface area (TPSA) is 59.0 Å². The van der Waals surface area contributed by atoms with Gasteiger partial charge in [-0.25, -0.2) is 0 Å². The molecule has 1 rings (SSSR count). The van der Waals surface area contributed by atoms with E-state index in [4.69, 9.17) is 15.7 Å². The molecular weight excluding hydrogens is 176 g/mol. The largest absolute Gasteiger partial charge is 0.489 e. The Morgan fingerprint density at radius 2 is 2.36 bits per heavy atom. The quantitative estimate of drug-likeness (QED) is 0.727. The SMILES string of the molecule is C=C(CN)COc1cccc(C#N)c1. The standard InChI is InChI=1S/C11H12N2O/c1-9(6-12)8-14-11-4-2-3-10(5-11)7-13/h2-5H,1,6,8,12H2. The zero-order chi connectivity index (χ0) is 10.4. The highest BCUT2D eigenvalue weighted by Gasteiger charge is 1.96. The van der Waals surface area contributed by atoms with E-state index in [1.165, 1.54) is 0 Å². The van der Waals surface area contributed by atoms with E-state index >= 15 is 0 Å². The third kappa shape index (κ3) is 2.92. The molecule has 0 fully saturated rings. The van der Waals surface area contributed by atoms with E-state index in [-0.39, 0.29) is 0 Å². The maximum absolute atomic E-state index is 8.64. The summed E-state index contributed by atoms with van der Waals surface area (Å²) in [6.07, 6.45) is 0. The van der Waals surface area contributed by atoms with Crippen LogP contribution < -0.4 is 10.5 Å². The average molecular weight is 188 g/mol. The number of nitrogens with two attached hydrogens (primary N) is 1. The van der Waals surface area contributed by atoms with E-state index in [1.54, 1.807) is 24.3 Å². The normalized spacial score (nSPS) is 9.14. The maximum Gasteiger partial charge on any atom is 0.121 e. The minimum Gasteiger partial charge on any atom is -0.489 e. The van der Waals surface area contributed by atoms with E-state index < -0.39 is 0 Å². The van der Waals surface area contributed by atoms with Crippen molar-refractivity contribution >= 4 is 0 Å². The van der Waals surface area contributed by atoms with Crippen molar-refractivity contribution in [1.29, 1.82) is 5.26 Å². The van der Waals surface area contributed by atoms with Crippen LogP contribution in [0.15, 0.2) is 36.4 Å². The van der Waals surface area contributed by atoms with Crippen molar-refractivity contribution in [3.05, 3.63) is 42.0 Å². The Morgan fingerprint density at radius 1 is 1.57 bits per heavy atom. The van der Waals surface area contributed by atoms with Gasteiger partial charge in [0.05, 0.1) is 11.6 Å². The fourth-order valence-corrected chi connectivity index (χ4v) is 0.900. The predicted octanol–water partition coefficient (Wildman–Crippen LogP) is 1.45. The molecule has 2 N–H and O–H groups in total. The van der Waals surface area contributed by atoms with E-state index in [2.05, 4.69) is 6.58 Å². The van der Waals surface area contributed by atoms with Crippen LogP contribution in [0.25, 0.3) is 0 Å². The second kappa shape index (κ2) is 5.05. The van der Waals surface area contributed by atoms with Gasteiger partial charge in [-0.1, -0.05) is 12.6 Å². The van der Waals surface area contributed by atoms with E-state index in [9.17, 15) is 0 Å². The van der Waals surface area contributed by atoms with Gasteiger partial charge >= 0.3 is 0 Å². The predicted molar refractivity (Wildman–Crippen MR) is 54.8 cm³/mol. The first-order valence-corrected chi connectivity index (χ1v) is 4.26. The first-order chi connectivity index (χ1) is 6.76. The summed E-state index contributed by atoms with van der Waals surface area (Å²) < 4.78 is 5.37. The molecule has 1 aromatic rings. The van der Waals surface area contributed by atoms with Crippen LogP contribution in [0.4, 0.5) is 0 Å². The number of nitriles is 1. The second-order valence-electron chi connectivity index (χ2n) is 2.88. The van der Waals surface area contributed by atoms with E-state index in [0.29, 0.717) is 24.5 Å². The fourth-order valence-electron chi connectivity index (χ4n) is 0.900. The molecule has 14 heavy (non-hydrogen) atoms. The van der Waals surface area contributed by atoms with Crippen molar-refractivity contribution in [2.45, 2.75) is 0 Å². The van der Waals surface area contributed by atoms with Crippen LogP contribution >= 0.6 is 0 Å². The molecule has 0 aromatic heterocycles. The number of nitrogens with zero attached hydrogens (tertiary/aromatic N) is 1. The summed E-state index contributed by atoms with van der Waals surface area (Å²) in [7, 11) is 0. The van der Waals surface area contributed by atoms with Crippen molar-refractivity contribution in [3.63, 3.8) is 0 Å². The highest BCUT2D eigenvalue weighted by atomic mass is 16.5. The molecule has 0 aliphatic carbocycles. The lowest BCUT2D eigenvalue weighted by atomic mass is 10.2. The molecule has 0 unspecified atom stereocenters. The molecule has 3 heteroatoms. The van der Waals surface area contributed by atoms with Gasteiger partial charge in [-0.15, -0.1) is 0 Å². The van der Waals surface area contributed by atoms with Crippen molar-refractivity contribution in [1.82, 2.24) is 0 Å². The van der Waals surface area contributed by atoms with E-state index in [0.717, 1.165) is 5.57 Å². The van der Waals surface area contributed by atoms with Gasteiger partial charge in [-0.3, -0.25) is 0 Å². The van der Waals surface area contributed by atoms with Crippen molar-refractivity contribution in [2.24, 2.45) is 5.73 Å². The van der Waals surface area contributed by atoms with Gasteiger partial charge in [0.2, 0.25) is 0 Å². The molecular formula is C11H12N2O. The Hall–Kier alpha value is -1.79. The monoisotopic (exact) mass is 188 g/mol. The number of rotatable bonds is 4. The molecule has 3 nitrogen and oxygen atoms in total. The summed E-state index contributed by atoms with van der Waals surface area (Å²) in [5, 5.41) is 8.64. The summed E-state index contributed by atoms with van der Waals surface area (Å²) in [5.41, 5.74) is 6.77. The van der Waals surface area contributed by atoms with Crippen LogP contribution in [-0.2, 0) is 0 Å². The zero-order valence-corrected chi connectivity index (χ0v) is 7.86.